The molecule has 0 N–H and O–H groups in total. The normalized spacial score (nSPS) is 29.6. The summed E-state index contributed by atoms with van der Waals surface area (Å²) in [5.41, 5.74) is -3.17. The molecule has 2 aromatic carbocycles. The molecule has 0 aromatic heterocycles. The van der Waals surface area contributed by atoms with E-state index in [9.17, 15) is 27.6 Å². The van der Waals surface area contributed by atoms with E-state index >= 15 is 0 Å². The van der Waals surface area contributed by atoms with Crippen molar-refractivity contribution in [3.63, 3.8) is 0 Å². The molecule has 3 fully saturated rings. The predicted octanol–water partition coefficient (Wildman–Crippen LogP) is 5.38. The summed E-state index contributed by atoms with van der Waals surface area (Å²) in [6, 6.07) is 12.6. The fourth-order valence-corrected chi connectivity index (χ4v) is 6.98. The van der Waals surface area contributed by atoms with Gasteiger partial charge in [-0.1, -0.05) is 0 Å². The highest BCUT2D eigenvalue weighted by Crippen LogP contribution is 2.61. The van der Waals surface area contributed by atoms with E-state index in [4.69, 9.17) is 0 Å². The Hall–Kier alpha value is -2.72. The average molecular weight is 609 g/mol. The van der Waals surface area contributed by atoms with E-state index in [2.05, 4.69) is 27.7 Å². The van der Waals surface area contributed by atoms with Crippen molar-refractivity contribution in [2.45, 2.75) is 49.6 Å². The van der Waals surface area contributed by atoms with E-state index in [0.717, 1.165) is 27.5 Å². The minimum atomic E-state index is -4.75. The Kier molecular flexibility index (Phi) is 5.18. The first-order valence-electron chi connectivity index (χ1n) is 11.7. The van der Waals surface area contributed by atoms with Crippen molar-refractivity contribution in [3.8, 4) is 6.07 Å². The highest BCUT2D eigenvalue weighted by Gasteiger charge is 2.77. The molecule has 2 unspecified atom stereocenters. The molecule has 36 heavy (non-hydrogen) atoms. The number of nitrogens with zero attached hydrogens (tertiary/aromatic N) is 5. The third-order valence-corrected chi connectivity index (χ3v) is 8.65. The largest absolute Gasteiger partial charge is 0.431 e. The van der Waals surface area contributed by atoms with Crippen LogP contribution in [0.15, 0.2) is 47.6 Å². The lowest BCUT2D eigenvalue weighted by Gasteiger charge is -2.55. The number of alkyl halides is 3. The number of hydrogen-bond acceptors (Lipinski definition) is 5. The van der Waals surface area contributed by atoms with Crippen molar-refractivity contribution in [1.82, 2.24) is 4.90 Å². The van der Waals surface area contributed by atoms with E-state index in [1.807, 2.05) is 29.2 Å². The van der Waals surface area contributed by atoms with Crippen LogP contribution in [-0.4, -0.2) is 40.6 Å². The Morgan fingerprint density at radius 2 is 1.81 bits per heavy atom. The SMILES string of the molecule is N#Cc1cc(N2N=C(C(F)(F)F)C3CCC45CCCCN4[C@]32C(=O)N5c2ccc(I)cc2)ccc1F. The summed E-state index contributed by atoms with van der Waals surface area (Å²) < 4.78 is 58.2. The van der Waals surface area contributed by atoms with Crippen molar-refractivity contribution < 1.29 is 22.4 Å². The number of rotatable bonds is 2. The first-order chi connectivity index (χ1) is 17.1. The zero-order valence-electron chi connectivity index (χ0n) is 18.9. The fraction of sp³-hybridized carbons (Fsp3) is 0.400. The van der Waals surface area contributed by atoms with Gasteiger partial charge < -0.3 is 0 Å². The Morgan fingerprint density at radius 3 is 2.50 bits per heavy atom. The molecule has 186 valence electrons. The van der Waals surface area contributed by atoms with Gasteiger partial charge >= 0.3 is 6.18 Å². The summed E-state index contributed by atoms with van der Waals surface area (Å²) in [4.78, 5) is 18.2. The molecule has 0 radical (unpaired) electrons. The van der Waals surface area contributed by atoms with Crippen LogP contribution in [-0.2, 0) is 4.79 Å². The number of carbonyl (C=O) groups excluding carboxylic acids is 1. The molecule has 4 heterocycles. The molecule has 11 heteroatoms. The number of benzene rings is 2. The molecule has 0 saturated carbocycles. The van der Waals surface area contributed by atoms with Gasteiger partial charge in [-0.15, -0.1) is 0 Å². The zero-order valence-corrected chi connectivity index (χ0v) is 21.1. The average Bonchev–Trinajstić information content (AvgIpc) is 3.29. The number of halogens is 5. The summed E-state index contributed by atoms with van der Waals surface area (Å²) in [5.74, 6) is -2.48. The third-order valence-electron chi connectivity index (χ3n) is 7.93. The van der Waals surface area contributed by atoms with Crippen molar-refractivity contribution in [2.75, 3.05) is 16.5 Å². The molecule has 1 spiro atoms. The monoisotopic (exact) mass is 609 g/mol. The Balaban J connectivity index is 1.61. The second kappa shape index (κ2) is 7.89. The molecule has 2 aromatic rings. The van der Waals surface area contributed by atoms with Gasteiger partial charge in [0.15, 0.2) is 0 Å². The number of amides is 1. The Morgan fingerprint density at radius 1 is 1.08 bits per heavy atom. The lowest BCUT2D eigenvalue weighted by molar-refractivity contribution is -0.130. The standard InChI is InChI=1S/C25H20F4IN5O/c26-20-8-7-18(13-15(20)14-31)35-24-19(21(32-35)25(27,28)29)9-11-23(10-1-2-12-33(23)24)34(22(24)36)17-5-3-16(30)4-6-17/h3-8,13,19H,1-2,9-12H2/t19?,23?,24-/m1/s1. The summed E-state index contributed by atoms with van der Waals surface area (Å²) in [6.07, 6.45) is -2.05. The lowest BCUT2D eigenvalue weighted by Crippen LogP contribution is -2.70. The summed E-state index contributed by atoms with van der Waals surface area (Å²) in [5, 5.41) is 14.5. The molecule has 4 aliphatic rings. The zero-order chi connectivity index (χ0) is 25.5. The maximum absolute atomic E-state index is 14.6. The second-order valence-electron chi connectivity index (χ2n) is 9.60. The number of piperidine rings is 2. The van der Waals surface area contributed by atoms with Gasteiger partial charge in [0.25, 0.3) is 5.91 Å². The maximum Gasteiger partial charge on any atom is 0.431 e. The van der Waals surface area contributed by atoms with Gasteiger partial charge in [0, 0.05) is 15.8 Å². The highest BCUT2D eigenvalue weighted by molar-refractivity contribution is 14.1. The molecule has 4 aliphatic heterocycles. The Bertz CT molecular complexity index is 1340. The fourth-order valence-electron chi connectivity index (χ4n) is 6.62. The maximum atomic E-state index is 14.6. The van der Waals surface area contributed by atoms with Crippen molar-refractivity contribution >= 4 is 45.6 Å². The molecule has 6 nitrogen and oxygen atoms in total. The Labute approximate surface area is 218 Å². The summed E-state index contributed by atoms with van der Waals surface area (Å²) in [7, 11) is 0. The minimum Gasteiger partial charge on any atom is -0.290 e. The van der Waals surface area contributed by atoms with Crippen LogP contribution in [0, 0.1) is 26.6 Å². The molecule has 6 rings (SSSR count). The molecule has 3 saturated heterocycles. The van der Waals surface area contributed by atoms with Gasteiger partial charge in [0.05, 0.1) is 17.2 Å². The number of nitriles is 1. The predicted molar refractivity (Wildman–Crippen MR) is 132 cm³/mol. The van der Waals surface area contributed by atoms with E-state index < -0.39 is 40.9 Å². The van der Waals surface area contributed by atoms with Gasteiger partial charge in [0.1, 0.15) is 23.3 Å². The number of hydrazone groups is 1. The molecular formula is C25H20F4IN5O. The minimum absolute atomic E-state index is 0.0800. The molecule has 3 atom stereocenters. The van der Waals surface area contributed by atoms with Gasteiger partial charge in [-0.05, 0) is 97.2 Å². The van der Waals surface area contributed by atoms with Crippen LogP contribution < -0.4 is 9.91 Å². The van der Waals surface area contributed by atoms with E-state index in [0.29, 0.717) is 25.1 Å². The number of carbonyl (C=O) groups is 1. The quantitative estimate of drug-likeness (QED) is 0.339. The number of anilines is 2. The molecule has 0 aliphatic carbocycles. The highest BCUT2D eigenvalue weighted by atomic mass is 127. The van der Waals surface area contributed by atoms with Crippen LogP contribution >= 0.6 is 22.6 Å². The summed E-state index contributed by atoms with van der Waals surface area (Å²) >= 11 is 2.16. The van der Waals surface area contributed by atoms with Crippen LogP contribution in [0.5, 0.6) is 0 Å². The molecule has 1 amide bonds. The summed E-state index contributed by atoms with van der Waals surface area (Å²) in [6.45, 7) is 0.423. The topological polar surface area (TPSA) is 62.9 Å². The molecular weight excluding hydrogens is 589 g/mol. The molecule has 2 bridgehead atoms. The smallest absolute Gasteiger partial charge is 0.290 e. The van der Waals surface area contributed by atoms with Gasteiger partial charge in [0.2, 0.25) is 5.66 Å². The lowest BCUT2D eigenvalue weighted by atomic mass is 9.75. The van der Waals surface area contributed by atoms with Gasteiger partial charge in [-0.25, -0.2) is 14.3 Å². The first kappa shape index (κ1) is 23.7. The van der Waals surface area contributed by atoms with E-state index in [-0.39, 0.29) is 17.7 Å². The van der Waals surface area contributed by atoms with Crippen LogP contribution in [0.4, 0.5) is 28.9 Å². The van der Waals surface area contributed by atoms with Crippen molar-refractivity contribution in [1.29, 1.82) is 5.26 Å². The van der Waals surface area contributed by atoms with Crippen LogP contribution in [0.1, 0.15) is 37.7 Å². The van der Waals surface area contributed by atoms with E-state index in [1.165, 1.54) is 12.1 Å². The van der Waals surface area contributed by atoms with Crippen molar-refractivity contribution in [2.24, 2.45) is 11.0 Å². The third kappa shape index (κ3) is 2.97. The first-order valence-corrected chi connectivity index (χ1v) is 12.8. The van der Waals surface area contributed by atoms with Gasteiger partial charge in [-0.2, -0.15) is 23.5 Å². The van der Waals surface area contributed by atoms with Crippen LogP contribution in [0.3, 0.4) is 0 Å². The van der Waals surface area contributed by atoms with E-state index in [1.54, 1.807) is 11.0 Å². The number of hydrogen-bond donors (Lipinski definition) is 0. The van der Waals surface area contributed by atoms with Gasteiger partial charge in [-0.3, -0.25) is 9.69 Å². The second-order valence-corrected chi connectivity index (χ2v) is 10.8. The van der Waals surface area contributed by atoms with Crippen molar-refractivity contribution in [3.05, 3.63) is 57.4 Å². The van der Waals surface area contributed by atoms with Crippen LogP contribution in [0.2, 0.25) is 0 Å². The van der Waals surface area contributed by atoms with Crippen LogP contribution in [0.25, 0.3) is 0 Å².